The maximum Gasteiger partial charge on any atom is 0.243 e. The van der Waals surface area contributed by atoms with E-state index in [1.165, 1.54) is 4.31 Å². The Labute approximate surface area is 141 Å². The third-order valence-electron chi connectivity index (χ3n) is 4.02. The number of anilines is 1. The molecule has 0 bridgehead atoms. The zero-order chi connectivity index (χ0) is 17.2. The highest BCUT2D eigenvalue weighted by molar-refractivity contribution is 7.89. The maximum absolute atomic E-state index is 12.8. The average molecular weight is 345 g/mol. The molecule has 1 atom stereocenters. The monoisotopic (exact) mass is 345 g/mol. The fraction of sp³-hybridized carbons (Fsp3) is 0.294. The Morgan fingerprint density at radius 2 is 2.00 bits per heavy atom. The molecule has 1 N–H and O–H groups in total. The van der Waals surface area contributed by atoms with Crippen LogP contribution in [0.25, 0.3) is 0 Å². The molecule has 24 heavy (non-hydrogen) atoms. The van der Waals surface area contributed by atoms with Crippen LogP contribution in [0.15, 0.2) is 53.6 Å². The van der Waals surface area contributed by atoms with Gasteiger partial charge in [-0.15, -0.1) is 0 Å². The van der Waals surface area contributed by atoms with Crippen molar-refractivity contribution in [1.82, 2.24) is 9.29 Å². The number of nitrogens with one attached hydrogen (secondary N) is 1. The molecule has 126 valence electrons. The molecule has 1 aromatic carbocycles. The molecule has 1 saturated heterocycles. The number of carbonyl (C=O) groups is 1. The second-order valence-electron chi connectivity index (χ2n) is 5.79. The van der Waals surface area contributed by atoms with Crippen molar-refractivity contribution < 1.29 is 13.2 Å². The van der Waals surface area contributed by atoms with Gasteiger partial charge in [0.05, 0.1) is 4.90 Å². The van der Waals surface area contributed by atoms with Gasteiger partial charge < -0.3 is 5.32 Å². The Morgan fingerprint density at radius 1 is 1.25 bits per heavy atom. The number of amides is 1. The van der Waals surface area contributed by atoms with Gasteiger partial charge in [0.2, 0.25) is 15.9 Å². The van der Waals surface area contributed by atoms with Crippen molar-refractivity contribution in [3.05, 3.63) is 54.2 Å². The summed E-state index contributed by atoms with van der Waals surface area (Å²) < 4.78 is 26.9. The van der Waals surface area contributed by atoms with Crippen LogP contribution in [0.5, 0.6) is 0 Å². The van der Waals surface area contributed by atoms with Gasteiger partial charge in [-0.25, -0.2) is 13.4 Å². The first kappa shape index (κ1) is 16.6. The molecular weight excluding hydrogens is 326 g/mol. The summed E-state index contributed by atoms with van der Waals surface area (Å²) in [6.07, 6.45) is 2.77. The van der Waals surface area contributed by atoms with Gasteiger partial charge in [0.15, 0.2) is 0 Å². The van der Waals surface area contributed by atoms with E-state index in [9.17, 15) is 13.2 Å². The highest BCUT2D eigenvalue weighted by Crippen LogP contribution is 2.26. The molecule has 0 spiro atoms. The summed E-state index contributed by atoms with van der Waals surface area (Å²) in [6, 6.07) is 11.1. The lowest BCUT2D eigenvalue weighted by Crippen LogP contribution is -2.43. The van der Waals surface area contributed by atoms with E-state index in [-0.39, 0.29) is 10.8 Å². The number of sulfonamides is 1. The zero-order valence-corrected chi connectivity index (χ0v) is 14.2. The highest BCUT2D eigenvalue weighted by Gasteiger charge is 2.39. The normalized spacial score (nSPS) is 18.5. The Hall–Kier alpha value is -2.25. The van der Waals surface area contributed by atoms with Crippen LogP contribution in [0.2, 0.25) is 0 Å². The average Bonchev–Trinajstić information content (AvgIpc) is 3.06. The van der Waals surface area contributed by atoms with Crippen LogP contribution in [-0.2, 0) is 14.8 Å². The molecule has 6 nitrogen and oxygen atoms in total. The first-order chi connectivity index (χ1) is 11.5. The number of aromatic nitrogens is 1. The zero-order valence-electron chi connectivity index (χ0n) is 13.3. The minimum atomic E-state index is -3.68. The van der Waals surface area contributed by atoms with E-state index >= 15 is 0 Å². The van der Waals surface area contributed by atoms with Crippen LogP contribution >= 0.6 is 0 Å². The Morgan fingerprint density at radius 3 is 2.71 bits per heavy atom. The number of hydrogen-bond acceptors (Lipinski definition) is 4. The summed E-state index contributed by atoms with van der Waals surface area (Å²) in [4.78, 5) is 16.9. The third-order valence-corrected chi connectivity index (χ3v) is 5.95. The van der Waals surface area contributed by atoms with Gasteiger partial charge in [0.1, 0.15) is 11.9 Å². The SMILES string of the molecule is Cc1ccnc(NC(=O)[C@H]2CCCN2S(=O)(=O)c2ccccc2)c1. The molecule has 1 aromatic heterocycles. The molecule has 2 heterocycles. The van der Waals surface area contributed by atoms with E-state index in [1.807, 2.05) is 13.0 Å². The van der Waals surface area contributed by atoms with Crippen molar-refractivity contribution >= 4 is 21.7 Å². The maximum atomic E-state index is 12.8. The van der Waals surface area contributed by atoms with Crippen molar-refractivity contribution in [3.63, 3.8) is 0 Å². The molecule has 3 rings (SSSR count). The third kappa shape index (κ3) is 3.32. The number of nitrogens with zero attached hydrogens (tertiary/aromatic N) is 2. The van der Waals surface area contributed by atoms with E-state index in [0.29, 0.717) is 25.2 Å². The smallest absolute Gasteiger partial charge is 0.243 e. The lowest BCUT2D eigenvalue weighted by molar-refractivity contribution is -0.119. The number of rotatable bonds is 4. The van der Waals surface area contributed by atoms with Gasteiger partial charge in [0, 0.05) is 12.7 Å². The molecular formula is C17H19N3O3S. The van der Waals surface area contributed by atoms with Crippen LogP contribution in [0.3, 0.4) is 0 Å². The molecule has 2 aromatic rings. The van der Waals surface area contributed by atoms with Crippen LogP contribution in [-0.4, -0.2) is 36.2 Å². The molecule has 1 aliphatic heterocycles. The van der Waals surface area contributed by atoms with Crippen molar-refractivity contribution in [2.24, 2.45) is 0 Å². The minimum Gasteiger partial charge on any atom is -0.309 e. The van der Waals surface area contributed by atoms with E-state index in [4.69, 9.17) is 0 Å². The van der Waals surface area contributed by atoms with E-state index < -0.39 is 16.1 Å². The topological polar surface area (TPSA) is 79.4 Å². The predicted octanol–water partition coefficient (Wildman–Crippen LogP) is 2.18. The lowest BCUT2D eigenvalue weighted by atomic mass is 10.2. The highest BCUT2D eigenvalue weighted by atomic mass is 32.2. The van der Waals surface area contributed by atoms with Crippen molar-refractivity contribution in [2.75, 3.05) is 11.9 Å². The largest absolute Gasteiger partial charge is 0.309 e. The summed E-state index contributed by atoms with van der Waals surface area (Å²) in [6.45, 7) is 2.25. The summed E-state index contributed by atoms with van der Waals surface area (Å²) >= 11 is 0. The van der Waals surface area contributed by atoms with Crippen molar-refractivity contribution in [1.29, 1.82) is 0 Å². The van der Waals surface area contributed by atoms with Gasteiger partial charge in [-0.05, 0) is 49.6 Å². The van der Waals surface area contributed by atoms with Gasteiger partial charge in [0.25, 0.3) is 0 Å². The lowest BCUT2D eigenvalue weighted by Gasteiger charge is -2.23. The summed E-state index contributed by atoms with van der Waals surface area (Å²) in [5.74, 6) is 0.0917. The molecule has 0 radical (unpaired) electrons. The number of aryl methyl sites for hydroxylation is 1. The molecule has 0 unspecified atom stereocenters. The molecule has 1 fully saturated rings. The van der Waals surface area contributed by atoms with Crippen molar-refractivity contribution in [2.45, 2.75) is 30.7 Å². The Kier molecular flexibility index (Phi) is 4.64. The Balaban J connectivity index is 1.81. The van der Waals surface area contributed by atoms with E-state index in [0.717, 1.165) is 5.56 Å². The first-order valence-corrected chi connectivity index (χ1v) is 9.23. The molecule has 7 heteroatoms. The summed E-state index contributed by atoms with van der Waals surface area (Å²) in [5.41, 5.74) is 0.973. The molecule has 0 saturated carbocycles. The second-order valence-corrected chi connectivity index (χ2v) is 7.69. The summed E-state index contributed by atoms with van der Waals surface area (Å²) in [7, 11) is -3.68. The van der Waals surface area contributed by atoms with E-state index in [2.05, 4.69) is 10.3 Å². The van der Waals surface area contributed by atoms with Crippen LogP contribution < -0.4 is 5.32 Å². The van der Waals surface area contributed by atoms with Gasteiger partial charge >= 0.3 is 0 Å². The fourth-order valence-corrected chi connectivity index (χ4v) is 4.51. The second kappa shape index (κ2) is 6.70. The fourth-order valence-electron chi connectivity index (χ4n) is 2.83. The number of pyridine rings is 1. The van der Waals surface area contributed by atoms with Crippen LogP contribution in [0, 0.1) is 6.92 Å². The van der Waals surface area contributed by atoms with Crippen LogP contribution in [0.1, 0.15) is 18.4 Å². The van der Waals surface area contributed by atoms with Gasteiger partial charge in [-0.2, -0.15) is 4.31 Å². The van der Waals surface area contributed by atoms with Gasteiger partial charge in [-0.1, -0.05) is 18.2 Å². The molecule has 1 amide bonds. The standard InChI is InChI=1S/C17H19N3O3S/c1-13-9-10-18-16(12-13)19-17(21)15-8-5-11-20(15)24(22,23)14-6-3-2-4-7-14/h2-4,6-7,9-10,12,15H,5,8,11H2,1H3,(H,18,19,21)/t15-/m1/s1. The first-order valence-electron chi connectivity index (χ1n) is 7.79. The van der Waals surface area contributed by atoms with Gasteiger partial charge in [-0.3, -0.25) is 4.79 Å². The number of benzene rings is 1. The quantitative estimate of drug-likeness (QED) is 0.921. The Bertz CT molecular complexity index is 837. The van der Waals surface area contributed by atoms with Crippen LogP contribution in [0.4, 0.5) is 5.82 Å². The number of hydrogen-bond donors (Lipinski definition) is 1. The van der Waals surface area contributed by atoms with E-state index in [1.54, 1.807) is 42.6 Å². The summed E-state index contributed by atoms with van der Waals surface area (Å²) in [5, 5.41) is 2.72. The van der Waals surface area contributed by atoms with Crippen molar-refractivity contribution in [3.8, 4) is 0 Å². The minimum absolute atomic E-state index is 0.207. The molecule has 0 aliphatic carbocycles. The molecule has 1 aliphatic rings. The predicted molar refractivity (Wildman–Crippen MR) is 91.0 cm³/mol. The number of carbonyl (C=O) groups excluding carboxylic acids is 1.